The molecule has 1 aliphatic heterocycles. The SMILES string of the molecule is CC(C)c1[nH]ncc1C(=O)N[C@H](C)[C@@H]1CCN(Cc2ccccc2)C1. The molecule has 0 bridgehead atoms. The van der Waals surface area contributed by atoms with Crippen LogP contribution in [0.1, 0.15) is 54.7 Å². The summed E-state index contributed by atoms with van der Waals surface area (Å²) >= 11 is 0. The van der Waals surface area contributed by atoms with Gasteiger partial charge in [0, 0.05) is 19.1 Å². The Hall–Kier alpha value is -2.14. The summed E-state index contributed by atoms with van der Waals surface area (Å²) < 4.78 is 0. The van der Waals surface area contributed by atoms with Crippen molar-refractivity contribution in [1.29, 1.82) is 0 Å². The molecule has 1 aromatic carbocycles. The second-order valence-electron chi connectivity index (χ2n) is 7.38. The molecule has 5 heteroatoms. The van der Waals surface area contributed by atoms with Crippen LogP contribution in [0.4, 0.5) is 0 Å². The second kappa shape index (κ2) is 7.83. The minimum absolute atomic E-state index is 0.0218. The highest BCUT2D eigenvalue weighted by Gasteiger charge is 2.28. The first kappa shape index (κ1) is 17.7. The quantitative estimate of drug-likeness (QED) is 0.849. The van der Waals surface area contributed by atoms with Gasteiger partial charge in [-0.25, -0.2) is 0 Å². The number of aromatic nitrogens is 2. The number of hydrogen-bond donors (Lipinski definition) is 2. The van der Waals surface area contributed by atoms with Crippen molar-refractivity contribution in [2.24, 2.45) is 5.92 Å². The molecule has 0 radical (unpaired) electrons. The van der Waals surface area contributed by atoms with Crippen LogP contribution in [0.25, 0.3) is 0 Å². The molecule has 1 fully saturated rings. The molecule has 2 aromatic rings. The molecule has 2 N–H and O–H groups in total. The number of rotatable bonds is 6. The molecule has 1 aliphatic rings. The van der Waals surface area contributed by atoms with Crippen LogP contribution in [-0.2, 0) is 6.54 Å². The first-order valence-corrected chi connectivity index (χ1v) is 9.15. The van der Waals surface area contributed by atoms with Gasteiger partial charge in [0.2, 0.25) is 0 Å². The second-order valence-corrected chi connectivity index (χ2v) is 7.38. The van der Waals surface area contributed by atoms with Crippen LogP contribution in [0, 0.1) is 5.92 Å². The summed E-state index contributed by atoms with van der Waals surface area (Å²) in [6, 6.07) is 10.7. The predicted molar refractivity (Wildman–Crippen MR) is 99.4 cm³/mol. The van der Waals surface area contributed by atoms with E-state index in [2.05, 4.69) is 71.5 Å². The molecule has 5 nitrogen and oxygen atoms in total. The Morgan fingerprint density at radius 3 is 2.80 bits per heavy atom. The van der Waals surface area contributed by atoms with Gasteiger partial charge in [-0.05, 0) is 37.3 Å². The fraction of sp³-hybridized carbons (Fsp3) is 0.500. The molecular formula is C20H28N4O. The number of H-pyrrole nitrogens is 1. The summed E-state index contributed by atoms with van der Waals surface area (Å²) in [5.41, 5.74) is 2.92. The maximum absolute atomic E-state index is 12.6. The Kier molecular flexibility index (Phi) is 5.53. The van der Waals surface area contributed by atoms with Crippen LogP contribution in [-0.4, -0.2) is 40.1 Å². The van der Waals surface area contributed by atoms with Gasteiger partial charge in [0.05, 0.1) is 17.5 Å². The molecule has 2 atom stereocenters. The Balaban J connectivity index is 1.54. The predicted octanol–water partition coefficient (Wildman–Crippen LogP) is 3.17. The van der Waals surface area contributed by atoms with Crippen molar-refractivity contribution in [2.45, 2.75) is 45.7 Å². The fourth-order valence-electron chi connectivity index (χ4n) is 3.58. The third-order valence-electron chi connectivity index (χ3n) is 5.11. The number of benzene rings is 1. The largest absolute Gasteiger partial charge is 0.349 e. The van der Waals surface area contributed by atoms with Gasteiger partial charge >= 0.3 is 0 Å². The maximum Gasteiger partial charge on any atom is 0.254 e. The number of aromatic amines is 1. The molecule has 0 aliphatic carbocycles. The zero-order chi connectivity index (χ0) is 17.8. The molecule has 0 unspecified atom stereocenters. The molecule has 1 saturated heterocycles. The Morgan fingerprint density at radius 1 is 1.32 bits per heavy atom. The summed E-state index contributed by atoms with van der Waals surface area (Å²) in [6.45, 7) is 9.33. The number of carbonyl (C=O) groups is 1. The lowest BCUT2D eigenvalue weighted by molar-refractivity contribution is 0.0925. The molecule has 3 rings (SSSR count). The van der Waals surface area contributed by atoms with Crippen molar-refractivity contribution in [1.82, 2.24) is 20.4 Å². The lowest BCUT2D eigenvalue weighted by atomic mass is 9.99. The Morgan fingerprint density at radius 2 is 2.08 bits per heavy atom. The normalized spacial score (nSPS) is 19.3. The highest BCUT2D eigenvalue weighted by molar-refractivity contribution is 5.95. The number of hydrogen-bond acceptors (Lipinski definition) is 3. The zero-order valence-electron chi connectivity index (χ0n) is 15.3. The molecule has 134 valence electrons. The molecule has 0 spiro atoms. The van der Waals surface area contributed by atoms with E-state index in [0.717, 1.165) is 31.7 Å². The topological polar surface area (TPSA) is 61.0 Å². The maximum atomic E-state index is 12.6. The van der Waals surface area contributed by atoms with Gasteiger partial charge in [0.15, 0.2) is 0 Å². The lowest BCUT2D eigenvalue weighted by Gasteiger charge is -2.22. The Labute approximate surface area is 149 Å². The van der Waals surface area contributed by atoms with E-state index in [0.29, 0.717) is 11.5 Å². The van der Waals surface area contributed by atoms with Crippen molar-refractivity contribution in [2.75, 3.05) is 13.1 Å². The van der Waals surface area contributed by atoms with Crippen LogP contribution >= 0.6 is 0 Å². The minimum Gasteiger partial charge on any atom is -0.349 e. The van der Waals surface area contributed by atoms with E-state index in [-0.39, 0.29) is 17.9 Å². The summed E-state index contributed by atoms with van der Waals surface area (Å²) in [6.07, 6.45) is 2.75. The third-order valence-corrected chi connectivity index (χ3v) is 5.11. The van der Waals surface area contributed by atoms with E-state index in [1.807, 2.05) is 0 Å². The van der Waals surface area contributed by atoms with E-state index >= 15 is 0 Å². The summed E-state index contributed by atoms with van der Waals surface area (Å²) in [5.74, 6) is 0.722. The highest BCUT2D eigenvalue weighted by Crippen LogP contribution is 2.22. The Bertz CT molecular complexity index is 695. The van der Waals surface area contributed by atoms with E-state index in [1.54, 1.807) is 6.20 Å². The number of nitrogens with one attached hydrogen (secondary N) is 2. The van der Waals surface area contributed by atoms with E-state index in [4.69, 9.17) is 0 Å². The standard InChI is InChI=1S/C20H28N4O/c1-14(2)19-18(11-21-23-19)20(25)22-15(3)17-9-10-24(13-17)12-16-7-5-4-6-8-16/h4-8,11,14-15,17H,9-10,12-13H2,1-3H3,(H,21,23)(H,22,25)/t15-,17-/m1/s1. The van der Waals surface area contributed by atoms with Gasteiger partial charge in [-0.15, -0.1) is 0 Å². The van der Waals surface area contributed by atoms with E-state index in [9.17, 15) is 4.79 Å². The molecule has 0 saturated carbocycles. The molecule has 2 heterocycles. The molecular weight excluding hydrogens is 312 g/mol. The number of likely N-dealkylation sites (tertiary alicyclic amines) is 1. The van der Waals surface area contributed by atoms with Crippen molar-refractivity contribution in [3.8, 4) is 0 Å². The molecule has 1 aromatic heterocycles. The van der Waals surface area contributed by atoms with Crippen LogP contribution in [0.5, 0.6) is 0 Å². The van der Waals surface area contributed by atoms with Gasteiger partial charge in [0.25, 0.3) is 5.91 Å². The van der Waals surface area contributed by atoms with Crippen LogP contribution in [0.3, 0.4) is 0 Å². The van der Waals surface area contributed by atoms with Crippen LogP contribution < -0.4 is 5.32 Å². The summed E-state index contributed by atoms with van der Waals surface area (Å²) in [7, 11) is 0. The summed E-state index contributed by atoms with van der Waals surface area (Å²) in [5, 5.41) is 10.2. The highest BCUT2D eigenvalue weighted by atomic mass is 16.1. The zero-order valence-corrected chi connectivity index (χ0v) is 15.3. The van der Waals surface area contributed by atoms with Crippen molar-refractivity contribution in [3.63, 3.8) is 0 Å². The molecule has 25 heavy (non-hydrogen) atoms. The van der Waals surface area contributed by atoms with Gasteiger partial charge < -0.3 is 5.32 Å². The van der Waals surface area contributed by atoms with Crippen LogP contribution in [0.2, 0.25) is 0 Å². The number of amides is 1. The van der Waals surface area contributed by atoms with Crippen molar-refractivity contribution < 1.29 is 4.79 Å². The monoisotopic (exact) mass is 340 g/mol. The van der Waals surface area contributed by atoms with Crippen molar-refractivity contribution >= 4 is 5.91 Å². The number of nitrogens with zero attached hydrogens (tertiary/aromatic N) is 2. The van der Waals surface area contributed by atoms with Gasteiger partial charge in [-0.3, -0.25) is 14.8 Å². The van der Waals surface area contributed by atoms with E-state index in [1.165, 1.54) is 5.56 Å². The lowest BCUT2D eigenvalue weighted by Crippen LogP contribution is -2.39. The van der Waals surface area contributed by atoms with Crippen molar-refractivity contribution in [3.05, 3.63) is 53.3 Å². The number of carbonyl (C=O) groups excluding carboxylic acids is 1. The van der Waals surface area contributed by atoms with E-state index < -0.39 is 0 Å². The van der Waals surface area contributed by atoms with Crippen LogP contribution in [0.15, 0.2) is 36.5 Å². The smallest absolute Gasteiger partial charge is 0.254 e. The summed E-state index contributed by atoms with van der Waals surface area (Å²) in [4.78, 5) is 15.1. The third kappa shape index (κ3) is 4.28. The van der Waals surface area contributed by atoms with Gasteiger partial charge in [-0.1, -0.05) is 44.2 Å². The molecule has 1 amide bonds. The average molecular weight is 340 g/mol. The minimum atomic E-state index is -0.0218. The first-order chi connectivity index (χ1) is 12.0. The first-order valence-electron chi connectivity index (χ1n) is 9.15. The fourth-order valence-corrected chi connectivity index (χ4v) is 3.58. The van der Waals surface area contributed by atoms with Gasteiger partial charge in [-0.2, -0.15) is 5.10 Å². The van der Waals surface area contributed by atoms with Gasteiger partial charge in [0.1, 0.15) is 0 Å². The average Bonchev–Trinajstić information content (AvgIpc) is 3.25.